The van der Waals surface area contributed by atoms with Gasteiger partial charge in [-0.3, -0.25) is 4.79 Å². The fourth-order valence-electron chi connectivity index (χ4n) is 3.79. The maximum atomic E-state index is 12.7. The number of hydrogen-bond acceptors (Lipinski definition) is 4. The second-order valence-corrected chi connectivity index (χ2v) is 7.92. The lowest BCUT2D eigenvalue weighted by atomic mass is 10.2. The van der Waals surface area contributed by atoms with E-state index < -0.39 is 0 Å². The second kappa shape index (κ2) is 10.7. The molecule has 0 aliphatic carbocycles. The smallest absolute Gasteiger partial charge is 0.255 e. The molecule has 0 saturated heterocycles. The highest BCUT2D eigenvalue weighted by Crippen LogP contribution is 2.19. The maximum absolute atomic E-state index is 12.7. The second-order valence-electron chi connectivity index (χ2n) is 7.92. The number of aryl methyl sites for hydroxylation is 2. The summed E-state index contributed by atoms with van der Waals surface area (Å²) in [5.41, 5.74) is 3.73. The SMILES string of the molecule is COc1ccccc1C(=O)NCc1nc2ccccc2n1CCCCOc1ccc(C)cc1. The Morgan fingerprint density at radius 1 is 0.970 bits per heavy atom. The van der Waals surface area contributed by atoms with Gasteiger partial charge in [-0.05, 0) is 56.2 Å². The van der Waals surface area contributed by atoms with E-state index in [9.17, 15) is 4.79 Å². The van der Waals surface area contributed by atoms with Gasteiger partial charge in [0.15, 0.2) is 0 Å². The average molecular weight is 444 g/mol. The molecule has 1 aromatic heterocycles. The number of carbonyl (C=O) groups excluding carboxylic acids is 1. The Kier molecular flexibility index (Phi) is 7.25. The number of fused-ring (bicyclic) bond motifs is 1. The number of amides is 1. The number of benzene rings is 3. The molecular formula is C27H29N3O3. The number of imidazole rings is 1. The number of methoxy groups -OCH3 is 1. The molecular weight excluding hydrogens is 414 g/mol. The quantitative estimate of drug-likeness (QED) is 0.345. The molecule has 0 atom stereocenters. The Bertz CT molecular complexity index is 1220. The van der Waals surface area contributed by atoms with E-state index in [-0.39, 0.29) is 5.91 Å². The van der Waals surface area contributed by atoms with Crippen molar-refractivity contribution in [2.24, 2.45) is 0 Å². The number of ether oxygens (including phenoxy) is 2. The highest BCUT2D eigenvalue weighted by molar-refractivity contribution is 5.96. The predicted octanol–water partition coefficient (Wildman–Crippen LogP) is 5.14. The van der Waals surface area contributed by atoms with E-state index in [1.807, 2.05) is 42.5 Å². The van der Waals surface area contributed by atoms with Crippen molar-refractivity contribution >= 4 is 16.9 Å². The topological polar surface area (TPSA) is 65.4 Å². The Morgan fingerprint density at radius 2 is 1.73 bits per heavy atom. The first-order valence-electron chi connectivity index (χ1n) is 11.2. The molecule has 0 fully saturated rings. The molecule has 0 bridgehead atoms. The van der Waals surface area contributed by atoms with Crippen LogP contribution in [0.3, 0.4) is 0 Å². The summed E-state index contributed by atoms with van der Waals surface area (Å²) in [5.74, 6) is 2.10. The molecule has 0 aliphatic rings. The summed E-state index contributed by atoms with van der Waals surface area (Å²) in [5, 5.41) is 2.99. The van der Waals surface area contributed by atoms with Gasteiger partial charge in [0, 0.05) is 6.54 Å². The largest absolute Gasteiger partial charge is 0.496 e. The molecule has 1 heterocycles. The van der Waals surface area contributed by atoms with E-state index >= 15 is 0 Å². The summed E-state index contributed by atoms with van der Waals surface area (Å²) in [6.45, 7) is 3.87. The molecule has 0 unspecified atom stereocenters. The van der Waals surface area contributed by atoms with Crippen molar-refractivity contribution < 1.29 is 14.3 Å². The number of nitrogens with zero attached hydrogens (tertiary/aromatic N) is 2. The first-order chi connectivity index (χ1) is 16.2. The number of para-hydroxylation sites is 3. The van der Waals surface area contributed by atoms with Crippen LogP contribution in [-0.4, -0.2) is 29.2 Å². The zero-order valence-corrected chi connectivity index (χ0v) is 19.1. The third kappa shape index (κ3) is 5.52. The van der Waals surface area contributed by atoms with E-state index in [4.69, 9.17) is 14.5 Å². The van der Waals surface area contributed by atoms with Crippen molar-refractivity contribution in [3.63, 3.8) is 0 Å². The van der Waals surface area contributed by atoms with Gasteiger partial charge in [-0.25, -0.2) is 4.98 Å². The first-order valence-corrected chi connectivity index (χ1v) is 11.2. The monoisotopic (exact) mass is 443 g/mol. The van der Waals surface area contributed by atoms with Gasteiger partial charge in [0.1, 0.15) is 17.3 Å². The van der Waals surface area contributed by atoms with Crippen LogP contribution < -0.4 is 14.8 Å². The van der Waals surface area contributed by atoms with Crippen LogP contribution in [0.25, 0.3) is 11.0 Å². The minimum absolute atomic E-state index is 0.183. The Labute approximate surface area is 194 Å². The zero-order valence-electron chi connectivity index (χ0n) is 19.1. The van der Waals surface area contributed by atoms with Crippen LogP contribution in [0, 0.1) is 6.92 Å². The lowest BCUT2D eigenvalue weighted by Crippen LogP contribution is -2.25. The molecule has 170 valence electrons. The zero-order chi connectivity index (χ0) is 23.0. The molecule has 0 radical (unpaired) electrons. The normalized spacial score (nSPS) is 10.8. The van der Waals surface area contributed by atoms with Crippen molar-refractivity contribution in [3.05, 3.63) is 89.7 Å². The van der Waals surface area contributed by atoms with Gasteiger partial charge in [0.2, 0.25) is 0 Å². The predicted molar refractivity (Wildman–Crippen MR) is 130 cm³/mol. The molecule has 0 saturated carbocycles. The van der Waals surface area contributed by atoms with E-state index in [2.05, 4.69) is 35.0 Å². The number of hydrogen-bond donors (Lipinski definition) is 1. The van der Waals surface area contributed by atoms with E-state index in [0.29, 0.717) is 24.5 Å². The van der Waals surface area contributed by atoms with Gasteiger partial charge >= 0.3 is 0 Å². The van der Waals surface area contributed by atoms with Gasteiger partial charge in [-0.15, -0.1) is 0 Å². The molecule has 4 rings (SSSR count). The first kappa shape index (κ1) is 22.4. The highest BCUT2D eigenvalue weighted by Gasteiger charge is 2.14. The third-order valence-corrected chi connectivity index (χ3v) is 5.56. The summed E-state index contributed by atoms with van der Waals surface area (Å²) >= 11 is 0. The number of aromatic nitrogens is 2. The van der Waals surface area contributed by atoms with Crippen LogP contribution >= 0.6 is 0 Å². The summed E-state index contributed by atoms with van der Waals surface area (Å²) in [6.07, 6.45) is 1.87. The molecule has 1 N–H and O–H groups in total. The Hall–Kier alpha value is -3.80. The van der Waals surface area contributed by atoms with Gasteiger partial charge in [0.05, 0.1) is 36.9 Å². The van der Waals surface area contributed by atoms with E-state index in [1.165, 1.54) is 5.56 Å². The Balaban J connectivity index is 1.39. The standard InChI is InChI=1S/C27H29N3O3/c1-20-13-15-21(16-14-20)33-18-8-7-17-30-24-11-5-4-10-23(24)29-26(30)19-28-27(31)22-9-3-6-12-25(22)32-2/h3-6,9-16H,7-8,17-19H2,1-2H3,(H,28,31). The minimum atomic E-state index is -0.183. The molecule has 4 aromatic rings. The van der Waals surface area contributed by atoms with Crippen LogP contribution in [0.1, 0.15) is 34.6 Å². The van der Waals surface area contributed by atoms with Crippen molar-refractivity contribution in [3.8, 4) is 11.5 Å². The van der Waals surface area contributed by atoms with Crippen molar-refractivity contribution in [1.29, 1.82) is 0 Å². The lowest BCUT2D eigenvalue weighted by Gasteiger charge is -2.12. The average Bonchev–Trinajstić information content (AvgIpc) is 3.21. The Morgan fingerprint density at radius 3 is 2.55 bits per heavy atom. The van der Waals surface area contributed by atoms with Crippen molar-refractivity contribution in [2.45, 2.75) is 32.9 Å². The highest BCUT2D eigenvalue weighted by atomic mass is 16.5. The van der Waals surface area contributed by atoms with Gasteiger partial charge in [0.25, 0.3) is 5.91 Å². The van der Waals surface area contributed by atoms with Crippen LogP contribution in [0.4, 0.5) is 0 Å². The number of unbranched alkanes of at least 4 members (excludes halogenated alkanes) is 1. The number of nitrogens with one attached hydrogen (secondary N) is 1. The minimum Gasteiger partial charge on any atom is -0.496 e. The van der Waals surface area contributed by atoms with Crippen LogP contribution in [-0.2, 0) is 13.1 Å². The fourth-order valence-corrected chi connectivity index (χ4v) is 3.79. The van der Waals surface area contributed by atoms with Crippen molar-refractivity contribution in [2.75, 3.05) is 13.7 Å². The summed E-state index contributed by atoms with van der Waals surface area (Å²) < 4.78 is 13.3. The van der Waals surface area contributed by atoms with Gasteiger partial charge in [-0.2, -0.15) is 0 Å². The fraction of sp³-hybridized carbons (Fsp3) is 0.259. The van der Waals surface area contributed by atoms with Crippen LogP contribution in [0.15, 0.2) is 72.8 Å². The lowest BCUT2D eigenvalue weighted by molar-refractivity contribution is 0.0946. The molecule has 6 heteroatoms. The number of rotatable bonds is 10. The molecule has 0 spiro atoms. The van der Waals surface area contributed by atoms with E-state index in [0.717, 1.165) is 42.0 Å². The van der Waals surface area contributed by atoms with Crippen LogP contribution in [0.2, 0.25) is 0 Å². The number of carbonyl (C=O) groups is 1. The van der Waals surface area contributed by atoms with Gasteiger partial charge in [-0.1, -0.05) is 42.0 Å². The van der Waals surface area contributed by atoms with Crippen molar-refractivity contribution in [1.82, 2.24) is 14.9 Å². The van der Waals surface area contributed by atoms with Gasteiger partial charge < -0.3 is 19.4 Å². The maximum Gasteiger partial charge on any atom is 0.255 e. The molecule has 0 aliphatic heterocycles. The molecule has 3 aromatic carbocycles. The van der Waals surface area contributed by atoms with E-state index in [1.54, 1.807) is 19.2 Å². The molecule has 6 nitrogen and oxygen atoms in total. The third-order valence-electron chi connectivity index (χ3n) is 5.56. The summed E-state index contributed by atoms with van der Waals surface area (Å²) in [6, 6.07) is 23.4. The molecule has 1 amide bonds. The molecule has 33 heavy (non-hydrogen) atoms. The summed E-state index contributed by atoms with van der Waals surface area (Å²) in [4.78, 5) is 17.5. The summed E-state index contributed by atoms with van der Waals surface area (Å²) in [7, 11) is 1.56. The van der Waals surface area contributed by atoms with Crippen LogP contribution in [0.5, 0.6) is 11.5 Å².